The van der Waals surface area contributed by atoms with Gasteiger partial charge < -0.3 is 0 Å². The standard InChI is InChI=1S/C11H11.2CH3.Zr/c1-8-3-6-11-9(2)4-5-10(11)7-8;;;/h3,5-7,9H,1-2H3;2*1H3;. The number of hydrogen-bond donors (Lipinski definition) is 0. The molecule has 0 nitrogen and oxygen atoms in total. The Morgan fingerprint density at radius 1 is 1.21 bits per heavy atom. The van der Waals surface area contributed by atoms with Crippen LogP contribution < -0.4 is 0 Å². The van der Waals surface area contributed by atoms with E-state index >= 15 is 0 Å². The average Bonchev–Trinajstić information content (AvgIpc) is 2.43. The zero-order chi connectivity index (χ0) is 10.3. The summed E-state index contributed by atoms with van der Waals surface area (Å²) in [5.41, 5.74) is 4.41. The molecule has 0 amide bonds. The molecule has 1 atom stereocenters. The number of fused-ring (bicyclic) bond motifs is 1. The van der Waals surface area contributed by atoms with Crippen LogP contribution in [0, 0.1) is 6.92 Å². The van der Waals surface area contributed by atoms with Gasteiger partial charge in [0, 0.05) is 0 Å². The molecule has 0 fully saturated rings. The normalized spacial score (nSPS) is 19.1. The van der Waals surface area contributed by atoms with Crippen molar-refractivity contribution in [3.8, 4) is 0 Å². The average molecular weight is 265 g/mol. The fourth-order valence-corrected chi connectivity index (χ4v) is 5.85. The SMILES string of the molecule is Cc1ccc2c(c1)C=[C]([Zr]([CH3])[CH3])C2C. The van der Waals surface area contributed by atoms with E-state index in [1.54, 1.807) is 8.84 Å². The molecule has 0 saturated carbocycles. The fraction of sp³-hybridized carbons (Fsp3) is 0.385. The Labute approximate surface area is 94.7 Å². The molecule has 0 N–H and O–H groups in total. The fourth-order valence-electron chi connectivity index (χ4n) is 2.25. The molecule has 2 rings (SSSR count). The van der Waals surface area contributed by atoms with Crippen molar-refractivity contribution in [2.24, 2.45) is 0 Å². The molecule has 73 valence electrons. The van der Waals surface area contributed by atoms with E-state index in [-0.39, 0.29) is 0 Å². The quantitative estimate of drug-likeness (QED) is 0.714. The first-order valence-corrected chi connectivity index (χ1v) is 11.4. The topological polar surface area (TPSA) is 0 Å². The monoisotopic (exact) mass is 263 g/mol. The molecule has 1 heteroatoms. The predicted octanol–water partition coefficient (Wildman–Crippen LogP) is 4.17. The van der Waals surface area contributed by atoms with Crippen molar-refractivity contribution in [2.75, 3.05) is 0 Å². The van der Waals surface area contributed by atoms with Gasteiger partial charge in [0.1, 0.15) is 0 Å². The van der Waals surface area contributed by atoms with Crippen LogP contribution in [0.25, 0.3) is 6.08 Å². The number of allylic oxidation sites excluding steroid dienone is 1. The summed E-state index contributed by atoms with van der Waals surface area (Å²) in [5, 5.41) is 0. The molecule has 0 aromatic heterocycles. The van der Waals surface area contributed by atoms with Gasteiger partial charge in [-0.1, -0.05) is 0 Å². The molecule has 0 saturated heterocycles. The molecule has 1 aliphatic carbocycles. The summed E-state index contributed by atoms with van der Waals surface area (Å²) in [6, 6.07) is 6.87. The molecule has 0 spiro atoms. The van der Waals surface area contributed by atoms with E-state index in [0.717, 1.165) is 0 Å². The molecule has 14 heavy (non-hydrogen) atoms. The second-order valence-electron chi connectivity index (χ2n) is 4.45. The van der Waals surface area contributed by atoms with Crippen molar-refractivity contribution in [3.05, 3.63) is 38.2 Å². The molecule has 0 aliphatic heterocycles. The van der Waals surface area contributed by atoms with Crippen LogP contribution in [0.4, 0.5) is 0 Å². The van der Waals surface area contributed by atoms with Crippen molar-refractivity contribution in [2.45, 2.75) is 29.0 Å². The predicted molar refractivity (Wildman–Crippen MR) is 59.3 cm³/mol. The summed E-state index contributed by atoms with van der Waals surface area (Å²) in [6.07, 6.45) is 2.46. The van der Waals surface area contributed by atoms with Gasteiger partial charge in [-0.3, -0.25) is 0 Å². The van der Waals surface area contributed by atoms with Crippen LogP contribution in [0.5, 0.6) is 0 Å². The summed E-state index contributed by atoms with van der Waals surface area (Å²) in [4.78, 5) is 0. The number of aryl methyl sites for hydroxylation is 1. The van der Waals surface area contributed by atoms with Crippen molar-refractivity contribution in [1.82, 2.24) is 0 Å². The molecule has 1 aliphatic rings. The summed E-state index contributed by atoms with van der Waals surface area (Å²) in [5.74, 6) is 0.704. The molecule has 1 unspecified atom stereocenters. The van der Waals surface area contributed by atoms with E-state index in [0.29, 0.717) is 5.92 Å². The van der Waals surface area contributed by atoms with E-state index in [1.165, 1.54) is 11.1 Å². The van der Waals surface area contributed by atoms with Gasteiger partial charge in [0.25, 0.3) is 0 Å². The van der Waals surface area contributed by atoms with Gasteiger partial charge in [-0.25, -0.2) is 0 Å². The summed E-state index contributed by atoms with van der Waals surface area (Å²) in [7, 11) is 0. The third kappa shape index (κ3) is 1.67. The van der Waals surface area contributed by atoms with Gasteiger partial charge in [0.2, 0.25) is 0 Å². The first kappa shape index (κ1) is 10.4. The van der Waals surface area contributed by atoms with E-state index in [9.17, 15) is 0 Å². The Morgan fingerprint density at radius 2 is 1.93 bits per heavy atom. The van der Waals surface area contributed by atoms with Crippen LogP contribution in [-0.4, -0.2) is 0 Å². The van der Waals surface area contributed by atoms with Crippen LogP contribution in [0.2, 0.25) is 9.26 Å². The number of hydrogen-bond acceptors (Lipinski definition) is 0. The minimum absolute atomic E-state index is 0.704. The van der Waals surface area contributed by atoms with Gasteiger partial charge >= 0.3 is 95.0 Å². The Bertz CT molecular complexity index is 388. The van der Waals surface area contributed by atoms with Crippen LogP contribution >= 0.6 is 0 Å². The van der Waals surface area contributed by atoms with Crippen molar-refractivity contribution in [1.29, 1.82) is 0 Å². The van der Waals surface area contributed by atoms with Gasteiger partial charge in [0.15, 0.2) is 0 Å². The first-order valence-electron chi connectivity index (χ1n) is 5.22. The molecule has 1 aromatic carbocycles. The molecule has 0 bridgehead atoms. The summed E-state index contributed by atoms with van der Waals surface area (Å²) < 4.78 is 6.72. The van der Waals surface area contributed by atoms with Crippen molar-refractivity contribution in [3.63, 3.8) is 0 Å². The Morgan fingerprint density at radius 3 is 2.57 bits per heavy atom. The van der Waals surface area contributed by atoms with Crippen LogP contribution in [0.15, 0.2) is 21.5 Å². The Balaban J connectivity index is 2.47. The van der Waals surface area contributed by atoms with Gasteiger partial charge in [-0.15, -0.1) is 0 Å². The Kier molecular flexibility index (Phi) is 2.79. The second kappa shape index (κ2) is 3.78. The van der Waals surface area contributed by atoms with E-state index in [1.807, 2.05) is 0 Å². The maximum absolute atomic E-state index is 2.48. The van der Waals surface area contributed by atoms with Gasteiger partial charge in [-0.2, -0.15) is 0 Å². The minimum atomic E-state index is -1.16. The third-order valence-electron chi connectivity index (χ3n) is 3.06. The molecular weight excluding hydrogens is 247 g/mol. The zero-order valence-corrected chi connectivity index (χ0v) is 11.8. The zero-order valence-electron chi connectivity index (χ0n) is 9.39. The molecule has 0 radical (unpaired) electrons. The Hall–Kier alpha value is -0.157. The van der Waals surface area contributed by atoms with Crippen LogP contribution in [0.3, 0.4) is 0 Å². The third-order valence-corrected chi connectivity index (χ3v) is 7.32. The number of rotatable bonds is 1. The number of benzene rings is 1. The maximum atomic E-state index is 2.48. The molecular formula is C13H17Zr. The van der Waals surface area contributed by atoms with E-state index in [2.05, 4.69) is 47.4 Å². The first-order chi connectivity index (χ1) is 6.59. The second-order valence-corrected chi connectivity index (χ2v) is 10.8. The van der Waals surface area contributed by atoms with Crippen molar-refractivity contribution >= 4 is 6.08 Å². The van der Waals surface area contributed by atoms with Crippen LogP contribution in [-0.2, 0) is 21.8 Å². The van der Waals surface area contributed by atoms with Crippen molar-refractivity contribution < 1.29 is 21.8 Å². The summed E-state index contributed by atoms with van der Waals surface area (Å²) >= 11 is -1.16. The van der Waals surface area contributed by atoms with Gasteiger partial charge in [-0.05, 0) is 0 Å². The van der Waals surface area contributed by atoms with Gasteiger partial charge in [0.05, 0.1) is 0 Å². The molecule has 0 heterocycles. The summed E-state index contributed by atoms with van der Waals surface area (Å²) in [6.45, 7) is 4.54. The van der Waals surface area contributed by atoms with E-state index in [4.69, 9.17) is 0 Å². The van der Waals surface area contributed by atoms with E-state index < -0.39 is 21.8 Å². The molecule has 1 aromatic rings. The van der Waals surface area contributed by atoms with Crippen LogP contribution in [0.1, 0.15) is 29.5 Å².